The predicted molar refractivity (Wildman–Crippen MR) is 57.8 cm³/mol. The van der Waals surface area contributed by atoms with Gasteiger partial charge in [-0.15, -0.1) is 0 Å². The monoisotopic (exact) mass is 211 g/mol. The molecule has 0 spiro atoms. The average Bonchev–Trinajstić information content (AvgIpc) is 2.19. The second-order valence-electron chi connectivity index (χ2n) is 3.56. The minimum atomic E-state index is 0.433. The lowest BCUT2D eigenvalue weighted by Gasteiger charge is -2.23. The van der Waals surface area contributed by atoms with Crippen LogP contribution in [0.3, 0.4) is 0 Å². The van der Waals surface area contributed by atoms with Crippen LogP contribution in [0.5, 0.6) is 0 Å². The summed E-state index contributed by atoms with van der Waals surface area (Å²) in [6.45, 7) is 2.57. The van der Waals surface area contributed by atoms with Crippen LogP contribution in [0.2, 0.25) is 5.02 Å². The van der Waals surface area contributed by atoms with Crippen molar-refractivity contribution in [1.29, 1.82) is 0 Å². The summed E-state index contributed by atoms with van der Waals surface area (Å²) in [4.78, 5) is 0. The van der Waals surface area contributed by atoms with Crippen LogP contribution in [-0.4, -0.2) is 25.8 Å². The molecule has 0 amide bonds. The van der Waals surface area contributed by atoms with Gasteiger partial charge in [-0.3, -0.25) is 0 Å². The summed E-state index contributed by atoms with van der Waals surface area (Å²) in [6.07, 6.45) is 0.987. The summed E-state index contributed by atoms with van der Waals surface area (Å²) in [5.41, 5.74) is 1.26. The molecule has 2 rings (SSSR count). The van der Waals surface area contributed by atoms with Gasteiger partial charge in [0, 0.05) is 17.6 Å². The summed E-state index contributed by atoms with van der Waals surface area (Å²) in [5, 5.41) is 4.22. The number of benzene rings is 1. The number of halogens is 1. The SMILES string of the molecule is Clc1cccc(CC2COCCN2)c1. The van der Waals surface area contributed by atoms with Crippen molar-refractivity contribution in [1.82, 2.24) is 5.32 Å². The fourth-order valence-corrected chi connectivity index (χ4v) is 1.91. The van der Waals surface area contributed by atoms with Gasteiger partial charge >= 0.3 is 0 Å². The molecular formula is C11H14ClNO. The molecule has 0 saturated carbocycles. The topological polar surface area (TPSA) is 21.3 Å². The molecular weight excluding hydrogens is 198 g/mol. The summed E-state index contributed by atoms with van der Waals surface area (Å²) >= 11 is 5.91. The number of morpholine rings is 1. The highest BCUT2D eigenvalue weighted by molar-refractivity contribution is 6.30. The number of nitrogens with one attached hydrogen (secondary N) is 1. The summed E-state index contributed by atoms with van der Waals surface area (Å²) < 4.78 is 5.39. The highest BCUT2D eigenvalue weighted by Crippen LogP contribution is 2.12. The van der Waals surface area contributed by atoms with E-state index in [1.165, 1.54) is 5.56 Å². The van der Waals surface area contributed by atoms with Crippen molar-refractivity contribution < 1.29 is 4.74 Å². The Hall–Kier alpha value is -0.570. The molecule has 0 bridgehead atoms. The van der Waals surface area contributed by atoms with Gasteiger partial charge in [-0.1, -0.05) is 23.7 Å². The van der Waals surface area contributed by atoms with E-state index in [1.807, 2.05) is 18.2 Å². The van der Waals surface area contributed by atoms with Gasteiger partial charge in [-0.2, -0.15) is 0 Å². The van der Waals surface area contributed by atoms with Gasteiger partial charge in [-0.05, 0) is 24.1 Å². The first kappa shape index (κ1) is 9.97. The fourth-order valence-electron chi connectivity index (χ4n) is 1.70. The average molecular weight is 212 g/mol. The quantitative estimate of drug-likeness (QED) is 0.807. The van der Waals surface area contributed by atoms with Crippen molar-refractivity contribution in [2.75, 3.05) is 19.8 Å². The molecule has 1 atom stereocenters. The lowest BCUT2D eigenvalue weighted by atomic mass is 10.1. The standard InChI is InChI=1S/C11H14ClNO/c12-10-3-1-2-9(6-10)7-11-8-14-5-4-13-11/h1-3,6,11,13H,4-5,7-8H2. The minimum absolute atomic E-state index is 0.433. The highest BCUT2D eigenvalue weighted by Gasteiger charge is 2.13. The van der Waals surface area contributed by atoms with E-state index in [0.29, 0.717) is 6.04 Å². The maximum Gasteiger partial charge on any atom is 0.0623 e. The number of hydrogen-bond donors (Lipinski definition) is 1. The second kappa shape index (κ2) is 4.78. The van der Waals surface area contributed by atoms with E-state index < -0.39 is 0 Å². The van der Waals surface area contributed by atoms with Crippen LogP contribution in [0.1, 0.15) is 5.56 Å². The van der Waals surface area contributed by atoms with E-state index in [0.717, 1.165) is 31.2 Å². The van der Waals surface area contributed by atoms with E-state index in [2.05, 4.69) is 11.4 Å². The van der Waals surface area contributed by atoms with Crippen LogP contribution in [0.25, 0.3) is 0 Å². The maximum atomic E-state index is 5.91. The van der Waals surface area contributed by atoms with Gasteiger partial charge in [0.2, 0.25) is 0 Å². The Kier molecular flexibility index (Phi) is 3.40. The third-order valence-corrected chi connectivity index (χ3v) is 2.60. The number of rotatable bonds is 2. The smallest absolute Gasteiger partial charge is 0.0623 e. The molecule has 1 aliphatic heterocycles. The van der Waals surface area contributed by atoms with Gasteiger partial charge in [0.15, 0.2) is 0 Å². The molecule has 1 aromatic carbocycles. The summed E-state index contributed by atoms with van der Waals surface area (Å²) in [6, 6.07) is 8.43. The minimum Gasteiger partial charge on any atom is -0.379 e. The lowest BCUT2D eigenvalue weighted by Crippen LogP contribution is -2.42. The summed E-state index contributed by atoms with van der Waals surface area (Å²) in [5.74, 6) is 0. The predicted octanol–water partition coefficient (Wildman–Crippen LogP) is 1.87. The summed E-state index contributed by atoms with van der Waals surface area (Å²) in [7, 11) is 0. The van der Waals surface area contributed by atoms with Crippen molar-refractivity contribution >= 4 is 11.6 Å². The zero-order chi connectivity index (χ0) is 9.80. The molecule has 0 aromatic heterocycles. The van der Waals surface area contributed by atoms with Crippen LogP contribution in [0, 0.1) is 0 Å². The van der Waals surface area contributed by atoms with Crippen molar-refractivity contribution in [2.45, 2.75) is 12.5 Å². The molecule has 1 fully saturated rings. The first-order valence-corrected chi connectivity index (χ1v) is 5.28. The Balaban J connectivity index is 1.95. The Bertz CT molecular complexity index is 297. The Morgan fingerprint density at radius 1 is 1.50 bits per heavy atom. The van der Waals surface area contributed by atoms with E-state index in [4.69, 9.17) is 16.3 Å². The first-order valence-electron chi connectivity index (χ1n) is 4.90. The van der Waals surface area contributed by atoms with Gasteiger partial charge < -0.3 is 10.1 Å². The van der Waals surface area contributed by atoms with Gasteiger partial charge in [-0.25, -0.2) is 0 Å². The second-order valence-corrected chi connectivity index (χ2v) is 4.00. The normalized spacial score (nSPS) is 22.2. The molecule has 0 aliphatic carbocycles. The molecule has 1 heterocycles. The number of ether oxygens (including phenoxy) is 1. The number of hydrogen-bond acceptors (Lipinski definition) is 2. The van der Waals surface area contributed by atoms with E-state index >= 15 is 0 Å². The van der Waals surface area contributed by atoms with Crippen LogP contribution < -0.4 is 5.32 Å². The molecule has 0 radical (unpaired) electrons. The van der Waals surface area contributed by atoms with Gasteiger partial charge in [0.05, 0.1) is 13.2 Å². The van der Waals surface area contributed by atoms with Crippen LogP contribution in [0.15, 0.2) is 24.3 Å². The van der Waals surface area contributed by atoms with E-state index in [-0.39, 0.29) is 0 Å². The molecule has 1 aliphatic rings. The molecule has 1 saturated heterocycles. The van der Waals surface area contributed by atoms with Crippen LogP contribution in [0.4, 0.5) is 0 Å². The Labute approximate surface area is 89.2 Å². The van der Waals surface area contributed by atoms with Crippen molar-refractivity contribution in [3.8, 4) is 0 Å². The highest BCUT2D eigenvalue weighted by atomic mass is 35.5. The van der Waals surface area contributed by atoms with Crippen molar-refractivity contribution in [3.63, 3.8) is 0 Å². The largest absolute Gasteiger partial charge is 0.379 e. The molecule has 76 valence electrons. The van der Waals surface area contributed by atoms with Gasteiger partial charge in [0.1, 0.15) is 0 Å². The Morgan fingerprint density at radius 2 is 2.43 bits per heavy atom. The third-order valence-electron chi connectivity index (χ3n) is 2.37. The zero-order valence-electron chi connectivity index (χ0n) is 8.00. The van der Waals surface area contributed by atoms with Crippen molar-refractivity contribution in [3.05, 3.63) is 34.9 Å². The Morgan fingerprint density at radius 3 is 3.14 bits per heavy atom. The third kappa shape index (κ3) is 2.71. The molecule has 1 N–H and O–H groups in total. The van der Waals surface area contributed by atoms with Gasteiger partial charge in [0.25, 0.3) is 0 Å². The van der Waals surface area contributed by atoms with Crippen molar-refractivity contribution in [2.24, 2.45) is 0 Å². The van der Waals surface area contributed by atoms with Crippen LogP contribution in [-0.2, 0) is 11.2 Å². The van der Waals surface area contributed by atoms with E-state index in [1.54, 1.807) is 0 Å². The lowest BCUT2D eigenvalue weighted by molar-refractivity contribution is 0.0770. The fraction of sp³-hybridized carbons (Fsp3) is 0.455. The molecule has 1 unspecified atom stereocenters. The first-order chi connectivity index (χ1) is 6.84. The molecule has 14 heavy (non-hydrogen) atoms. The molecule has 3 heteroatoms. The molecule has 2 nitrogen and oxygen atoms in total. The maximum absolute atomic E-state index is 5.91. The van der Waals surface area contributed by atoms with Crippen LogP contribution >= 0.6 is 11.6 Å². The van der Waals surface area contributed by atoms with E-state index in [9.17, 15) is 0 Å². The zero-order valence-corrected chi connectivity index (χ0v) is 8.76. The molecule has 1 aromatic rings.